The summed E-state index contributed by atoms with van der Waals surface area (Å²) in [6, 6.07) is 0. The van der Waals surface area contributed by atoms with Crippen LogP contribution in [-0.4, -0.2) is 31.4 Å². The molecule has 0 aromatic heterocycles. The molecule has 2 amide bonds. The number of nitrogens with two attached hydrogens (primary N) is 1. The molecule has 0 heterocycles. The molecule has 0 aromatic rings. The molecule has 0 atom stereocenters. The fraction of sp³-hybridized carbons (Fsp3) is 0.833. The van der Waals surface area contributed by atoms with Gasteiger partial charge < -0.3 is 16.4 Å². The maximum Gasteiger partial charge on any atom is 0.221 e. The van der Waals surface area contributed by atoms with Crippen LogP contribution in [0.15, 0.2) is 0 Å². The van der Waals surface area contributed by atoms with Crippen molar-refractivity contribution in [3.05, 3.63) is 0 Å². The van der Waals surface area contributed by atoms with Crippen LogP contribution in [0.3, 0.4) is 0 Å². The first kappa shape index (κ1) is 14.0. The summed E-state index contributed by atoms with van der Waals surface area (Å²) in [4.78, 5) is 22.8. The number of rotatable bonds is 7. The van der Waals surface area contributed by atoms with Gasteiger partial charge in [-0.2, -0.15) is 0 Å². The molecule has 1 aliphatic carbocycles. The number of hydrogen-bond donors (Lipinski definition) is 3. The Labute approximate surface area is 103 Å². The fourth-order valence-electron chi connectivity index (χ4n) is 2.13. The molecular weight excluding hydrogens is 218 g/mol. The lowest BCUT2D eigenvalue weighted by atomic mass is 9.66. The highest BCUT2D eigenvalue weighted by Crippen LogP contribution is 2.42. The van der Waals surface area contributed by atoms with Gasteiger partial charge >= 0.3 is 0 Å². The largest absolute Gasteiger partial charge is 0.356 e. The van der Waals surface area contributed by atoms with Crippen molar-refractivity contribution in [2.24, 2.45) is 11.1 Å². The van der Waals surface area contributed by atoms with Crippen molar-refractivity contribution in [2.45, 2.75) is 39.0 Å². The average Bonchev–Trinajstić information content (AvgIpc) is 2.24. The molecule has 1 rings (SSSR count). The van der Waals surface area contributed by atoms with Gasteiger partial charge in [-0.1, -0.05) is 6.42 Å². The summed E-state index contributed by atoms with van der Waals surface area (Å²) in [5, 5.41) is 5.47. The van der Waals surface area contributed by atoms with Gasteiger partial charge in [0.05, 0.1) is 0 Å². The summed E-state index contributed by atoms with van der Waals surface area (Å²) in [5.74, 6) is -0.00979. The predicted molar refractivity (Wildman–Crippen MR) is 66.3 cm³/mol. The molecule has 5 nitrogen and oxygen atoms in total. The molecule has 98 valence electrons. The van der Waals surface area contributed by atoms with Gasteiger partial charge in [-0.05, 0) is 31.7 Å². The quantitative estimate of drug-likeness (QED) is 0.593. The smallest absolute Gasteiger partial charge is 0.221 e. The highest BCUT2D eigenvalue weighted by atomic mass is 16.2. The topological polar surface area (TPSA) is 84.2 Å². The zero-order chi connectivity index (χ0) is 12.7. The normalized spacial score (nSPS) is 17.1. The van der Waals surface area contributed by atoms with Gasteiger partial charge in [0.1, 0.15) is 0 Å². The number of carbonyl (C=O) groups excluding carboxylic acids is 2. The Balaban J connectivity index is 2.15. The van der Waals surface area contributed by atoms with E-state index < -0.39 is 0 Å². The van der Waals surface area contributed by atoms with Crippen LogP contribution in [0.5, 0.6) is 0 Å². The Morgan fingerprint density at radius 3 is 2.41 bits per heavy atom. The Kier molecular flexibility index (Phi) is 5.41. The van der Waals surface area contributed by atoms with Gasteiger partial charge in [0.25, 0.3) is 0 Å². The monoisotopic (exact) mass is 241 g/mol. The SMILES string of the molecule is CCNC(=O)CCNC(=O)CC1(CN)CCC1. The van der Waals surface area contributed by atoms with Crippen molar-refractivity contribution >= 4 is 11.8 Å². The molecule has 5 heteroatoms. The Morgan fingerprint density at radius 1 is 1.24 bits per heavy atom. The van der Waals surface area contributed by atoms with E-state index in [1.807, 2.05) is 6.92 Å². The Morgan fingerprint density at radius 2 is 1.94 bits per heavy atom. The summed E-state index contributed by atoms with van der Waals surface area (Å²) in [7, 11) is 0. The second kappa shape index (κ2) is 6.59. The first-order valence-electron chi connectivity index (χ1n) is 6.35. The molecule has 1 saturated carbocycles. The zero-order valence-electron chi connectivity index (χ0n) is 10.6. The molecule has 0 aliphatic heterocycles. The molecule has 0 aromatic carbocycles. The lowest BCUT2D eigenvalue weighted by Crippen LogP contribution is -2.42. The number of hydrogen-bond acceptors (Lipinski definition) is 3. The van der Waals surface area contributed by atoms with Crippen molar-refractivity contribution in [1.29, 1.82) is 0 Å². The molecule has 0 saturated heterocycles. The van der Waals surface area contributed by atoms with Crippen LogP contribution >= 0.6 is 0 Å². The first-order chi connectivity index (χ1) is 8.12. The van der Waals surface area contributed by atoms with Crippen molar-refractivity contribution in [3.8, 4) is 0 Å². The van der Waals surface area contributed by atoms with Gasteiger partial charge in [0.2, 0.25) is 11.8 Å². The van der Waals surface area contributed by atoms with E-state index in [1.165, 1.54) is 6.42 Å². The second-order valence-electron chi connectivity index (χ2n) is 4.79. The summed E-state index contributed by atoms with van der Waals surface area (Å²) < 4.78 is 0. The predicted octanol–water partition coefficient (Wildman–Crippen LogP) is 0.148. The minimum atomic E-state index is -0.0232. The molecule has 1 fully saturated rings. The van der Waals surface area contributed by atoms with Crippen LogP contribution in [0.4, 0.5) is 0 Å². The Hall–Kier alpha value is -1.10. The molecule has 17 heavy (non-hydrogen) atoms. The van der Waals surface area contributed by atoms with Crippen molar-refractivity contribution in [1.82, 2.24) is 10.6 Å². The Bertz CT molecular complexity index is 269. The van der Waals surface area contributed by atoms with E-state index in [0.717, 1.165) is 12.8 Å². The molecular formula is C12H23N3O2. The highest BCUT2D eigenvalue weighted by Gasteiger charge is 2.37. The summed E-state index contributed by atoms with van der Waals surface area (Å²) in [6.07, 6.45) is 4.11. The third-order valence-corrected chi connectivity index (χ3v) is 3.43. The van der Waals surface area contributed by atoms with E-state index in [-0.39, 0.29) is 17.2 Å². The van der Waals surface area contributed by atoms with E-state index >= 15 is 0 Å². The van der Waals surface area contributed by atoms with Crippen LogP contribution in [0.2, 0.25) is 0 Å². The average molecular weight is 241 g/mol. The van der Waals surface area contributed by atoms with Crippen LogP contribution < -0.4 is 16.4 Å². The van der Waals surface area contributed by atoms with Crippen LogP contribution in [0.1, 0.15) is 39.0 Å². The third kappa shape index (κ3) is 4.34. The molecule has 0 radical (unpaired) electrons. The third-order valence-electron chi connectivity index (χ3n) is 3.43. The molecule has 4 N–H and O–H groups in total. The molecule has 0 unspecified atom stereocenters. The molecule has 0 bridgehead atoms. The van der Waals surface area contributed by atoms with Crippen LogP contribution in [-0.2, 0) is 9.59 Å². The second-order valence-corrected chi connectivity index (χ2v) is 4.79. The summed E-state index contributed by atoms with van der Waals surface area (Å²) in [5.41, 5.74) is 5.73. The highest BCUT2D eigenvalue weighted by molar-refractivity contribution is 5.79. The van der Waals surface area contributed by atoms with Crippen LogP contribution in [0, 0.1) is 5.41 Å². The van der Waals surface area contributed by atoms with Crippen molar-refractivity contribution < 1.29 is 9.59 Å². The van der Waals surface area contributed by atoms with Crippen molar-refractivity contribution in [2.75, 3.05) is 19.6 Å². The van der Waals surface area contributed by atoms with E-state index in [4.69, 9.17) is 5.73 Å². The van der Waals surface area contributed by atoms with Gasteiger partial charge in [-0.15, -0.1) is 0 Å². The zero-order valence-corrected chi connectivity index (χ0v) is 10.6. The number of carbonyl (C=O) groups is 2. The molecule has 0 spiro atoms. The van der Waals surface area contributed by atoms with Crippen molar-refractivity contribution in [3.63, 3.8) is 0 Å². The first-order valence-corrected chi connectivity index (χ1v) is 6.35. The minimum absolute atomic E-state index is 0.0134. The number of amides is 2. The maximum absolute atomic E-state index is 11.7. The van der Waals surface area contributed by atoms with E-state index in [9.17, 15) is 9.59 Å². The van der Waals surface area contributed by atoms with Gasteiger partial charge in [0.15, 0.2) is 0 Å². The summed E-state index contributed by atoms with van der Waals surface area (Å²) >= 11 is 0. The number of nitrogens with one attached hydrogen (secondary N) is 2. The maximum atomic E-state index is 11.7. The standard InChI is InChI=1S/C12H23N3O2/c1-2-14-10(16)4-7-15-11(17)8-12(9-13)5-3-6-12/h2-9,13H2,1H3,(H,14,16)(H,15,17). The van der Waals surface area contributed by atoms with E-state index in [0.29, 0.717) is 32.5 Å². The molecule has 1 aliphatic rings. The van der Waals surface area contributed by atoms with Crippen LogP contribution in [0.25, 0.3) is 0 Å². The fourth-order valence-corrected chi connectivity index (χ4v) is 2.13. The van der Waals surface area contributed by atoms with Gasteiger partial charge in [-0.3, -0.25) is 9.59 Å². The van der Waals surface area contributed by atoms with Gasteiger partial charge in [0, 0.05) is 25.9 Å². The lowest BCUT2D eigenvalue weighted by molar-refractivity contribution is -0.125. The van der Waals surface area contributed by atoms with E-state index in [2.05, 4.69) is 10.6 Å². The lowest BCUT2D eigenvalue weighted by Gasteiger charge is -2.40. The van der Waals surface area contributed by atoms with E-state index in [1.54, 1.807) is 0 Å². The van der Waals surface area contributed by atoms with Gasteiger partial charge in [-0.25, -0.2) is 0 Å². The minimum Gasteiger partial charge on any atom is -0.356 e. The summed E-state index contributed by atoms with van der Waals surface area (Å²) in [6.45, 7) is 3.49.